The van der Waals surface area contributed by atoms with Crippen LogP contribution in [0.5, 0.6) is 0 Å². The molecule has 4 amide bonds. The number of ether oxygens (including phenoxy) is 1. The zero-order valence-electron chi connectivity index (χ0n) is 25.2. The minimum atomic E-state index is -3.83. The van der Waals surface area contributed by atoms with Gasteiger partial charge in [-0.1, -0.05) is 36.4 Å². The summed E-state index contributed by atoms with van der Waals surface area (Å²) in [5.74, 6) is -3.67. The van der Waals surface area contributed by atoms with Crippen molar-refractivity contribution in [3.63, 3.8) is 0 Å². The van der Waals surface area contributed by atoms with Gasteiger partial charge in [-0.25, -0.2) is 13.2 Å². The number of allylic oxidation sites excluding steroid dienone is 1. The standard InChI is InChI=1S/C32H42N4O7S/c1-4-6-7-10-15-35(3)29(38)27-17-24(43-31(40)36-19-21-11-8-9-12-22(21)20-36)16-26(27)28(37)33-32(18-23(32)5-2)30(39)34-44(41,42)25-13-14-25/h4-5,8-9,11-12,23-27H,1-2,6-7,10,13-20H2,3H3,(H,33,37)(H,34,39)/t23-,24-,26-,27-,32-/m1/s1. The molecular formula is C32H42N4O7S. The van der Waals surface area contributed by atoms with Gasteiger partial charge in [-0.2, -0.15) is 0 Å². The first-order valence-electron chi connectivity index (χ1n) is 15.4. The van der Waals surface area contributed by atoms with Crippen LogP contribution in [-0.2, 0) is 42.2 Å². The van der Waals surface area contributed by atoms with E-state index in [4.69, 9.17) is 4.74 Å². The van der Waals surface area contributed by atoms with E-state index in [1.54, 1.807) is 16.8 Å². The van der Waals surface area contributed by atoms with Gasteiger partial charge in [0.1, 0.15) is 11.6 Å². The molecule has 44 heavy (non-hydrogen) atoms. The van der Waals surface area contributed by atoms with Crippen LogP contribution in [-0.4, -0.2) is 72.5 Å². The van der Waals surface area contributed by atoms with E-state index in [0.717, 1.165) is 30.4 Å². The molecule has 0 unspecified atom stereocenters. The van der Waals surface area contributed by atoms with Gasteiger partial charge in [-0.15, -0.1) is 13.2 Å². The van der Waals surface area contributed by atoms with Gasteiger partial charge in [-0.3, -0.25) is 24.0 Å². The van der Waals surface area contributed by atoms with Gasteiger partial charge in [0, 0.05) is 32.6 Å². The fraction of sp³-hybridized carbons (Fsp3) is 0.562. The summed E-state index contributed by atoms with van der Waals surface area (Å²) in [5.41, 5.74) is 0.640. The molecule has 0 spiro atoms. The lowest BCUT2D eigenvalue weighted by Gasteiger charge is -2.26. The summed E-state index contributed by atoms with van der Waals surface area (Å²) in [5, 5.41) is 2.20. The van der Waals surface area contributed by atoms with Gasteiger partial charge in [0.15, 0.2) is 0 Å². The van der Waals surface area contributed by atoms with Crippen molar-refractivity contribution in [2.75, 3.05) is 13.6 Å². The predicted molar refractivity (Wildman–Crippen MR) is 163 cm³/mol. The Labute approximate surface area is 259 Å². The van der Waals surface area contributed by atoms with E-state index in [2.05, 4.69) is 23.2 Å². The van der Waals surface area contributed by atoms with Crippen LogP contribution in [0.2, 0.25) is 0 Å². The Kier molecular flexibility index (Phi) is 9.20. The third-order valence-corrected chi connectivity index (χ3v) is 11.1. The van der Waals surface area contributed by atoms with Crippen LogP contribution < -0.4 is 10.0 Å². The highest BCUT2D eigenvalue weighted by Crippen LogP contribution is 2.46. The second-order valence-corrected chi connectivity index (χ2v) is 14.5. The number of carbonyl (C=O) groups is 4. The second kappa shape index (κ2) is 12.7. The van der Waals surface area contributed by atoms with Crippen molar-refractivity contribution in [2.24, 2.45) is 17.8 Å². The molecule has 1 aromatic rings. The quantitative estimate of drug-likeness (QED) is 0.253. The van der Waals surface area contributed by atoms with Crippen LogP contribution in [0.25, 0.3) is 0 Å². The number of unbranched alkanes of at least 4 members (excludes halogenated alkanes) is 2. The van der Waals surface area contributed by atoms with E-state index in [9.17, 15) is 27.6 Å². The van der Waals surface area contributed by atoms with Gasteiger partial charge in [0.2, 0.25) is 21.8 Å². The molecule has 3 aliphatic carbocycles. The molecule has 1 aromatic carbocycles. The first kappa shape index (κ1) is 31.7. The number of benzene rings is 1. The molecule has 0 radical (unpaired) electrons. The lowest BCUT2D eigenvalue weighted by molar-refractivity contribution is -0.140. The predicted octanol–water partition coefficient (Wildman–Crippen LogP) is 3.02. The summed E-state index contributed by atoms with van der Waals surface area (Å²) in [6.07, 6.45) is 6.10. The summed E-state index contributed by atoms with van der Waals surface area (Å²) in [4.78, 5) is 57.1. The number of hydrogen-bond donors (Lipinski definition) is 2. The van der Waals surface area contributed by atoms with Crippen LogP contribution in [0.1, 0.15) is 62.5 Å². The second-order valence-electron chi connectivity index (χ2n) is 12.5. The van der Waals surface area contributed by atoms with Gasteiger partial charge in [-0.05, 0) is 62.5 Å². The number of fused-ring (bicyclic) bond motifs is 1. The van der Waals surface area contributed by atoms with Crippen molar-refractivity contribution in [1.82, 2.24) is 19.8 Å². The molecule has 11 nitrogen and oxygen atoms in total. The lowest BCUT2D eigenvalue weighted by Crippen LogP contribution is -2.54. The number of amides is 4. The number of carbonyl (C=O) groups excluding carboxylic acids is 4. The molecule has 1 aliphatic heterocycles. The average molecular weight is 627 g/mol. The molecule has 3 fully saturated rings. The SMILES string of the molecule is C=CCCCCN(C)C(=O)[C@@H]1C[C@H](OC(=O)N2Cc3ccccc3C2)C[C@H]1C(=O)N[C@]1(C(=O)NS(=O)(=O)C2CC2)C[C@H]1C=C. The normalized spacial score (nSPS) is 27.2. The van der Waals surface area contributed by atoms with E-state index >= 15 is 0 Å². The van der Waals surface area contributed by atoms with Crippen molar-refractivity contribution in [1.29, 1.82) is 0 Å². The third-order valence-electron chi connectivity index (χ3n) is 9.32. The monoisotopic (exact) mass is 626 g/mol. The molecule has 0 aromatic heterocycles. The average Bonchev–Trinajstić information content (AvgIpc) is 3.89. The number of hydrogen-bond acceptors (Lipinski definition) is 7. The lowest BCUT2D eigenvalue weighted by atomic mass is 9.93. The Morgan fingerprint density at radius 1 is 1.07 bits per heavy atom. The smallest absolute Gasteiger partial charge is 0.410 e. The van der Waals surface area contributed by atoms with Crippen molar-refractivity contribution >= 4 is 33.8 Å². The summed E-state index contributed by atoms with van der Waals surface area (Å²) in [7, 11) is -2.14. The van der Waals surface area contributed by atoms with Gasteiger partial charge in [0.05, 0.1) is 17.1 Å². The maximum absolute atomic E-state index is 13.8. The van der Waals surface area contributed by atoms with Gasteiger partial charge in [0.25, 0.3) is 5.91 Å². The molecule has 3 saturated carbocycles. The highest BCUT2D eigenvalue weighted by atomic mass is 32.2. The fourth-order valence-corrected chi connectivity index (χ4v) is 7.75. The molecular weight excluding hydrogens is 584 g/mol. The maximum Gasteiger partial charge on any atom is 0.410 e. The van der Waals surface area contributed by atoms with Crippen molar-refractivity contribution in [3.8, 4) is 0 Å². The highest BCUT2D eigenvalue weighted by molar-refractivity contribution is 7.91. The fourth-order valence-electron chi connectivity index (χ4n) is 6.39. The van der Waals surface area contributed by atoms with Gasteiger partial charge < -0.3 is 15.0 Å². The molecule has 2 N–H and O–H groups in total. The van der Waals surface area contributed by atoms with Gasteiger partial charge >= 0.3 is 6.09 Å². The maximum atomic E-state index is 13.8. The Morgan fingerprint density at radius 2 is 1.73 bits per heavy atom. The zero-order valence-corrected chi connectivity index (χ0v) is 26.0. The Morgan fingerprint density at radius 3 is 2.32 bits per heavy atom. The minimum absolute atomic E-state index is 0.107. The molecule has 5 atom stereocenters. The zero-order chi connectivity index (χ0) is 31.6. The number of sulfonamides is 1. The third kappa shape index (κ3) is 6.69. The highest BCUT2D eigenvalue weighted by Gasteiger charge is 2.62. The first-order valence-corrected chi connectivity index (χ1v) is 16.9. The van der Waals surface area contributed by atoms with E-state index in [-0.39, 0.29) is 25.2 Å². The van der Waals surface area contributed by atoms with Crippen LogP contribution in [0.4, 0.5) is 4.79 Å². The topological polar surface area (TPSA) is 142 Å². The molecule has 0 saturated heterocycles. The molecule has 1 heterocycles. The molecule has 4 aliphatic rings. The molecule has 0 bridgehead atoms. The largest absolute Gasteiger partial charge is 0.446 e. The number of nitrogens with one attached hydrogen (secondary N) is 2. The number of nitrogens with zero attached hydrogens (tertiary/aromatic N) is 2. The Bertz CT molecular complexity index is 1420. The summed E-state index contributed by atoms with van der Waals surface area (Å²) >= 11 is 0. The summed E-state index contributed by atoms with van der Waals surface area (Å²) in [6.45, 7) is 8.82. The molecule has 12 heteroatoms. The Hall–Kier alpha value is -3.67. The van der Waals surface area contributed by atoms with E-state index in [1.165, 1.54) is 6.08 Å². The van der Waals surface area contributed by atoms with Crippen LogP contribution in [0, 0.1) is 17.8 Å². The van der Waals surface area contributed by atoms with E-state index in [0.29, 0.717) is 32.5 Å². The van der Waals surface area contributed by atoms with Crippen LogP contribution >= 0.6 is 0 Å². The van der Waals surface area contributed by atoms with Crippen molar-refractivity contribution < 1.29 is 32.3 Å². The molecule has 5 rings (SSSR count). The molecule has 238 valence electrons. The first-order chi connectivity index (χ1) is 21.0. The van der Waals surface area contributed by atoms with E-state index in [1.807, 2.05) is 30.3 Å². The van der Waals surface area contributed by atoms with Crippen LogP contribution in [0.3, 0.4) is 0 Å². The summed E-state index contributed by atoms with van der Waals surface area (Å²) < 4.78 is 33.0. The number of rotatable bonds is 13. The summed E-state index contributed by atoms with van der Waals surface area (Å²) in [6, 6.07) is 7.77. The van der Waals surface area contributed by atoms with Crippen LogP contribution in [0.15, 0.2) is 49.6 Å². The Balaban J connectivity index is 1.29. The minimum Gasteiger partial charge on any atom is -0.446 e. The van der Waals surface area contributed by atoms with E-state index < -0.39 is 62.6 Å². The van der Waals surface area contributed by atoms with Crippen molar-refractivity contribution in [3.05, 3.63) is 60.7 Å². The van der Waals surface area contributed by atoms with Crippen molar-refractivity contribution in [2.45, 2.75) is 81.3 Å².